The third-order valence-electron chi connectivity index (χ3n) is 8.96. The smallest absolute Gasteiger partial charge is 0.251 e. The van der Waals surface area contributed by atoms with Crippen LogP contribution in [0, 0.1) is 18.8 Å². The largest absolute Gasteiger partial charge is 0.368 e. The molecule has 3 N–H and O–H groups in total. The number of hydrogen-bond acceptors (Lipinski definition) is 6. The molecule has 190 valence electrons. The topological polar surface area (TPSA) is 85.9 Å². The third-order valence-corrected chi connectivity index (χ3v) is 8.96. The minimum atomic E-state index is -0.373. The van der Waals surface area contributed by atoms with Crippen molar-refractivity contribution in [3.63, 3.8) is 0 Å². The number of aryl methyl sites for hydroxylation is 1. The van der Waals surface area contributed by atoms with E-state index in [0.717, 1.165) is 38.6 Å². The second kappa shape index (κ2) is 8.43. The SMILES string of the molecule is Cc1cc(C2=CC=C3NNCC3C2)ccc1C1NC2(CC2)C(=O)N1CC1CN(C(=O)C2CCCO2)C1. The first-order valence-corrected chi connectivity index (χ1v) is 13.5. The molecule has 1 saturated carbocycles. The molecule has 5 fully saturated rings. The van der Waals surface area contributed by atoms with Gasteiger partial charge < -0.3 is 20.0 Å². The molecule has 2 amide bonds. The van der Waals surface area contributed by atoms with E-state index in [1.807, 2.05) is 4.90 Å². The average Bonchev–Trinajstić information content (AvgIpc) is 3.19. The number of nitrogens with one attached hydrogen (secondary N) is 3. The highest BCUT2D eigenvalue weighted by Crippen LogP contribution is 2.47. The van der Waals surface area contributed by atoms with Crippen LogP contribution in [0.3, 0.4) is 0 Å². The maximum Gasteiger partial charge on any atom is 0.251 e. The van der Waals surface area contributed by atoms with Crippen LogP contribution in [0.2, 0.25) is 0 Å². The van der Waals surface area contributed by atoms with E-state index in [0.29, 0.717) is 38.1 Å². The number of likely N-dealkylation sites (tertiary alicyclic amines) is 1. The van der Waals surface area contributed by atoms with Gasteiger partial charge in [0.2, 0.25) is 5.91 Å². The summed E-state index contributed by atoms with van der Waals surface area (Å²) in [7, 11) is 0. The number of benzene rings is 1. The van der Waals surface area contributed by atoms with Crippen LogP contribution in [-0.2, 0) is 14.3 Å². The molecule has 0 radical (unpaired) electrons. The predicted octanol–water partition coefficient (Wildman–Crippen LogP) is 1.99. The molecule has 3 atom stereocenters. The second-order valence-electron chi connectivity index (χ2n) is 11.5. The molecule has 8 heteroatoms. The van der Waals surface area contributed by atoms with Gasteiger partial charge in [-0.3, -0.25) is 14.9 Å². The molecule has 8 nitrogen and oxygen atoms in total. The Balaban J connectivity index is 1.07. The number of rotatable bonds is 5. The van der Waals surface area contributed by atoms with Crippen LogP contribution in [-0.4, -0.2) is 66.0 Å². The van der Waals surface area contributed by atoms with Gasteiger partial charge in [-0.1, -0.05) is 24.3 Å². The van der Waals surface area contributed by atoms with E-state index in [-0.39, 0.29) is 29.6 Å². The van der Waals surface area contributed by atoms with Crippen LogP contribution in [0.4, 0.5) is 0 Å². The fraction of sp³-hybridized carbons (Fsp3) is 0.571. The molecule has 0 bridgehead atoms. The fourth-order valence-corrected chi connectivity index (χ4v) is 6.60. The lowest BCUT2D eigenvalue weighted by Crippen LogP contribution is -2.56. The van der Waals surface area contributed by atoms with Crippen molar-refractivity contribution in [1.82, 2.24) is 26.0 Å². The van der Waals surface area contributed by atoms with Gasteiger partial charge in [-0.25, -0.2) is 5.43 Å². The van der Waals surface area contributed by atoms with Crippen LogP contribution >= 0.6 is 0 Å². The van der Waals surface area contributed by atoms with E-state index >= 15 is 0 Å². The summed E-state index contributed by atoms with van der Waals surface area (Å²) in [5, 5.41) is 3.70. The number of hydrogen-bond donors (Lipinski definition) is 3. The van der Waals surface area contributed by atoms with Crippen LogP contribution in [0.25, 0.3) is 5.57 Å². The first-order chi connectivity index (χ1) is 17.5. The van der Waals surface area contributed by atoms with Gasteiger partial charge in [0.25, 0.3) is 5.91 Å². The van der Waals surface area contributed by atoms with Crippen molar-refractivity contribution in [3.05, 3.63) is 52.7 Å². The molecule has 4 aliphatic heterocycles. The molecular formula is C28H35N5O3. The molecule has 1 spiro atoms. The molecule has 7 rings (SSSR count). The number of allylic oxidation sites excluding steroid dienone is 3. The van der Waals surface area contributed by atoms with E-state index in [2.05, 4.69) is 58.3 Å². The first-order valence-electron chi connectivity index (χ1n) is 13.5. The van der Waals surface area contributed by atoms with E-state index < -0.39 is 0 Å². The van der Waals surface area contributed by atoms with Crippen molar-refractivity contribution >= 4 is 17.4 Å². The molecule has 4 heterocycles. The minimum Gasteiger partial charge on any atom is -0.368 e. The van der Waals surface area contributed by atoms with Gasteiger partial charge >= 0.3 is 0 Å². The summed E-state index contributed by atoms with van der Waals surface area (Å²) in [6.45, 7) is 5.94. The molecule has 0 aromatic heterocycles. The van der Waals surface area contributed by atoms with Gasteiger partial charge in [-0.05, 0) is 67.4 Å². The maximum atomic E-state index is 13.4. The van der Waals surface area contributed by atoms with E-state index in [4.69, 9.17) is 4.74 Å². The Morgan fingerprint density at radius 2 is 2.08 bits per heavy atom. The van der Waals surface area contributed by atoms with Crippen molar-refractivity contribution in [3.8, 4) is 0 Å². The Morgan fingerprint density at radius 1 is 1.22 bits per heavy atom. The number of fused-ring (bicyclic) bond motifs is 1. The summed E-state index contributed by atoms with van der Waals surface area (Å²) < 4.78 is 5.58. The predicted molar refractivity (Wildman–Crippen MR) is 135 cm³/mol. The van der Waals surface area contributed by atoms with Gasteiger partial charge in [0.05, 0.1) is 0 Å². The molecule has 4 saturated heterocycles. The zero-order valence-corrected chi connectivity index (χ0v) is 20.9. The van der Waals surface area contributed by atoms with Gasteiger partial charge in [-0.2, -0.15) is 0 Å². The van der Waals surface area contributed by atoms with Gasteiger partial charge in [0.1, 0.15) is 17.8 Å². The van der Waals surface area contributed by atoms with E-state index in [1.165, 1.54) is 28.0 Å². The molecule has 1 aromatic carbocycles. The van der Waals surface area contributed by atoms with Crippen molar-refractivity contribution in [1.29, 1.82) is 0 Å². The van der Waals surface area contributed by atoms with Crippen molar-refractivity contribution in [2.75, 3.05) is 32.8 Å². The standard InChI is InChI=1S/C28H35N5O3/c1-17-11-19(20-5-7-23-21(12-20)13-29-31-23)4-6-22(17)25-30-28(8-9-28)27(35)33(25)16-18-14-32(15-18)26(34)24-3-2-10-36-24/h4-7,11,18,21,24-25,29-31H,2-3,8-10,12-16H2,1H3. The van der Waals surface area contributed by atoms with Crippen LogP contribution in [0.1, 0.15) is 55.0 Å². The first kappa shape index (κ1) is 22.5. The third kappa shape index (κ3) is 3.69. The zero-order chi connectivity index (χ0) is 24.4. The Morgan fingerprint density at radius 3 is 2.83 bits per heavy atom. The normalized spacial score (nSPS) is 30.7. The van der Waals surface area contributed by atoms with E-state index in [9.17, 15) is 9.59 Å². The van der Waals surface area contributed by atoms with Crippen molar-refractivity contribution < 1.29 is 14.3 Å². The number of amides is 2. The van der Waals surface area contributed by atoms with E-state index in [1.54, 1.807) is 0 Å². The lowest BCUT2D eigenvalue weighted by atomic mass is 9.87. The lowest BCUT2D eigenvalue weighted by Gasteiger charge is -2.42. The quantitative estimate of drug-likeness (QED) is 0.587. The highest BCUT2D eigenvalue weighted by molar-refractivity contribution is 5.92. The second-order valence-corrected chi connectivity index (χ2v) is 11.5. The summed E-state index contributed by atoms with van der Waals surface area (Å²) in [6.07, 6.45) is 8.70. The highest BCUT2D eigenvalue weighted by Gasteiger charge is 2.60. The zero-order valence-electron chi connectivity index (χ0n) is 20.9. The minimum absolute atomic E-state index is 0.105. The fourth-order valence-electron chi connectivity index (χ4n) is 6.60. The number of hydrazine groups is 1. The molecule has 2 aliphatic carbocycles. The van der Waals surface area contributed by atoms with Crippen LogP contribution in [0.15, 0.2) is 36.0 Å². The molecular weight excluding hydrogens is 454 g/mol. The number of nitrogens with zero attached hydrogens (tertiary/aromatic N) is 2. The Hall–Kier alpha value is -2.68. The summed E-state index contributed by atoms with van der Waals surface area (Å²) in [5.74, 6) is 1.19. The molecule has 6 aliphatic rings. The van der Waals surface area contributed by atoms with Crippen molar-refractivity contribution in [2.24, 2.45) is 11.8 Å². The molecule has 1 aromatic rings. The lowest BCUT2D eigenvalue weighted by molar-refractivity contribution is -0.148. The number of ether oxygens (including phenoxy) is 1. The average molecular weight is 490 g/mol. The van der Waals surface area contributed by atoms with Crippen LogP contribution in [0.5, 0.6) is 0 Å². The van der Waals surface area contributed by atoms with Crippen LogP contribution < -0.4 is 16.2 Å². The summed E-state index contributed by atoms with van der Waals surface area (Å²) in [5.41, 5.74) is 12.4. The number of carbonyl (C=O) groups excluding carboxylic acids is 2. The van der Waals surface area contributed by atoms with Gasteiger partial charge in [0, 0.05) is 50.3 Å². The molecule has 36 heavy (non-hydrogen) atoms. The monoisotopic (exact) mass is 489 g/mol. The Kier molecular flexibility index (Phi) is 5.27. The maximum absolute atomic E-state index is 13.4. The van der Waals surface area contributed by atoms with Crippen molar-refractivity contribution in [2.45, 2.75) is 56.8 Å². The summed E-state index contributed by atoms with van der Waals surface area (Å²) in [6, 6.07) is 6.71. The Bertz CT molecular complexity index is 1160. The number of carbonyl (C=O) groups is 2. The highest BCUT2D eigenvalue weighted by atomic mass is 16.5. The summed E-state index contributed by atoms with van der Waals surface area (Å²) in [4.78, 5) is 30.0. The van der Waals surface area contributed by atoms with Gasteiger partial charge in [-0.15, -0.1) is 0 Å². The summed E-state index contributed by atoms with van der Waals surface area (Å²) >= 11 is 0. The Labute approximate surface area is 212 Å². The molecule has 3 unspecified atom stereocenters. The van der Waals surface area contributed by atoms with Gasteiger partial charge in [0.15, 0.2) is 0 Å².